The fraction of sp³-hybridized carbons (Fsp3) is 0.304. The molecule has 3 heterocycles. The summed E-state index contributed by atoms with van der Waals surface area (Å²) in [5.41, 5.74) is 8.02. The summed E-state index contributed by atoms with van der Waals surface area (Å²) in [6, 6.07) is 9.06. The molecule has 1 atom stereocenters. The molecule has 1 saturated heterocycles. The lowest BCUT2D eigenvalue weighted by atomic mass is 10.0. The van der Waals surface area contributed by atoms with Crippen LogP contribution < -0.4 is 11.6 Å². The van der Waals surface area contributed by atoms with Crippen LogP contribution in [0.25, 0.3) is 11.4 Å². The zero-order chi connectivity index (χ0) is 24.1. The number of hydrazone groups is 1. The molecule has 0 bridgehead atoms. The van der Waals surface area contributed by atoms with Crippen molar-refractivity contribution in [1.29, 1.82) is 5.26 Å². The molecular weight excluding hydrogens is 437 g/mol. The predicted octanol–water partition coefficient (Wildman–Crippen LogP) is 2.35. The molecular formula is C23H24FN9O. The van der Waals surface area contributed by atoms with Gasteiger partial charge in [0.25, 0.3) is 0 Å². The van der Waals surface area contributed by atoms with Crippen LogP contribution in [0.4, 0.5) is 10.2 Å². The van der Waals surface area contributed by atoms with E-state index in [4.69, 9.17) is 16.3 Å². The molecule has 4 rings (SSSR count). The number of nitrogens with zero attached hydrogens (tertiary/aromatic N) is 7. The Kier molecular flexibility index (Phi) is 6.89. The van der Waals surface area contributed by atoms with Crippen LogP contribution in [0.3, 0.4) is 0 Å². The van der Waals surface area contributed by atoms with Crippen molar-refractivity contribution in [2.75, 3.05) is 12.3 Å². The summed E-state index contributed by atoms with van der Waals surface area (Å²) in [5.74, 6) is 4.46. The normalized spacial score (nSPS) is 16.3. The van der Waals surface area contributed by atoms with E-state index in [0.717, 1.165) is 25.1 Å². The molecule has 3 aromatic rings. The van der Waals surface area contributed by atoms with Crippen molar-refractivity contribution in [3.05, 3.63) is 58.8 Å². The standard InChI is InChI=1S/C23H24FN9O/c1-14-15(10-25)4-2-6-18(14)23-29-21(20(24)22(26)30-23)19(31-27)12-28-11-16-7-8-33(32-16)13-17-5-3-9-34-17/h2,4,6-8,12,17H,3,5,9,11,13,27H2,1H3,(H2,26,29,30). The van der Waals surface area contributed by atoms with Gasteiger partial charge in [-0.1, -0.05) is 12.1 Å². The minimum Gasteiger partial charge on any atom is -0.381 e. The van der Waals surface area contributed by atoms with Crippen LogP contribution in [0.15, 0.2) is 40.6 Å². The van der Waals surface area contributed by atoms with Gasteiger partial charge in [-0.3, -0.25) is 9.67 Å². The second kappa shape index (κ2) is 10.2. The van der Waals surface area contributed by atoms with Crippen LogP contribution in [0.2, 0.25) is 0 Å². The van der Waals surface area contributed by atoms with Gasteiger partial charge in [0.2, 0.25) is 0 Å². The van der Waals surface area contributed by atoms with E-state index < -0.39 is 5.82 Å². The van der Waals surface area contributed by atoms with Gasteiger partial charge in [-0.05, 0) is 37.5 Å². The molecule has 174 valence electrons. The molecule has 11 heteroatoms. The lowest BCUT2D eigenvalue weighted by molar-refractivity contribution is 0.0939. The third-order valence-corrected chi connectivity index (χ3v) is 5.53. The van der Waals surface area contributed by atoms with E-state index >= 15 is 0 Å². The zero-order valence-electron chi connectivity index (χ0n) is 18.6. The average molecular weight is 462 g/mol. The number of nitriles is 1. The first kappa shape index (κ1) is 23.0. The van der Waals surface area contributed by atoms with Crippen molar-refractivity contribution in [1.82, 2.24) is 19.7 Å². The summed E-state index contributed by atoms with van der Waals surface area (Å²) in [6.45, 7) is 3.49. The van der Waals surface area contributed by atoms with Crippen molar-refractivity contribution in [2.45, 2.75) is 39.0 Å². The van der Waals surface area contributed by atoms with Gasteiger partial charge in [0.1, 0.15) is 11.4 Å². The first-order chi connectivity index (χ1) is 16.5. The highest BCUT2D eigenvalue weighted by atomic mass is 19.1. The molecule has 1 unspecified atom stereocenters. The largest absolute Gasteiger partial charge is 0.381 e. The van der Waals surface area contributed by atoms with Crippen LogP contribution >= 0.6 is 0 Å². The molecule has 0 spiro atoms. The van der Waals surface area contributed by atoms with Crippen molar-refractivity contribution in [2.24, 2.45) is 15.9 Å². The number of hydrogen-bond donors (Lipinski definition) is 2. The first-order valence-corrected chi connectivity index (χ1v) is 10.7. The Morgan fingerprint density at radius 2 is 2.24 bits per heavy atom. The second-order valence-corrected chi connectivity index (χ2v) is 7.83. The Balaban J connectivity index is 1.54. The molecule has 1 fully saturated rings. The molecule has 1 aromatic carbocycles. The monoisotopic (exact) mass is 461 g/mol. The maximum absolute atomic E-state index is 14.8. The lowest BCUT2D eigenvalue weighted by Gasteiger charge is -2.10. The number of rotatable bonds is 7. The quantitative estimate of drug-likeness (QED) is 0.311. The van der Waals surface area contributed by atoms with E-state index in [1.165, 1.54) is 6.21 Å². The fourth-order valence-corrected chi connectivity index (χ4v) is 3.72. The van der Waals surface area contributed by atoms with Crippen molar-refractivity contribution >= 4 is 17.7 Å². The molecule has 0 aliphatic carbocycles. The minimum atomic E-state index is -0.852. The van der Waals surface area contributed by atoms with Crippen LogP contribution in [0.5, 0.6) is 0 Å². The van der Waals surface area contributed by atoms with Crippen LogP contribution in [0, 0.1) is 24.1 Å². The molecule has 10 nitrogen and oxygen atoms in total. The number of aromatic nitrogens is 4. The summed E-state index contributed by atoms with van der Waals surface area (Å²) < 4.78 is 22.3. The number of aliphatic imine (C=N–C) groups is 1. The summed E-state index contributed by atoms with van der Waals surface area (Å²) in [5, 5.41) is 17.4. The molecule has 4 N–H and O–H groups in total. The van der Waals surface area contributed by atoms with Gasteiger partial charge in [0.15, 0.2) is 17.5 Å². The first-order valence-electron chi connectivity index (χ1n) is 10.7. The third kappa shape index (κ3) is 4.92. The summed E-state index contributed by atoms with van der Waals surface area (Å²) in [7, 11) is 0. The number of nitrogens with two attached hydrogens (primary N) is 2. The number of anilines is 1. The van der Waals surface area contributed by atoms with Gasteiger partial charge >= 0.3 is 0 Å². The Bertz CT molecular complexity index is 1290. The van der Waals surface area contributed by atoms with Gasteiger partial charge in [-0.15, -0.1) is 0 Å². The van der Waals surface area contributed by atoms with Crippen molar-refractivity contribution in [3.63, 3.8) is 0 Å². The Hall–Kier alpha value is -4.17. The zero-order valence-corrected chi connectivity index (χ0v) is 18.6. The Labute approximate surface area is 195 Å². The molecule has 0 saturated carbocycles. The topological polar surface area (TPSA) is 153 Å². The molecule has 1 aliphatic heterocycles. The van der Waals surface area contributed by atoms with Gasteiger partial charge in [-0.2, -0.15) is 15.5 Å². The highest BCUT2D eigenvalue weighted by Gasteiger charge is 2.19. The van der Waals surface area contributed by atoms with E-state index in [-0.39, 0.29) is 35.7 Å². The smallest absolute Gasteiger partial charge is 0.193 e. The van der Waals surface area contributed by atoms with E-state index in [1.54, 1.807) is 25.1 Å². The molecule has 34 heavy (non-hydrogen) atoms. The van der Waals surface area contributed by atoms with Gasteiger partial charge in [-0.25, -0.2) is 14.4 Å². The number of nitrogen functional groups attached to an aromatic ring is 1. The predicted molar refractivity (Wildman–Crippen MR) is 125 cm³/mol. The van der Waals surface area contributed by atoms with E-state index in [9.17, 15) is 9.65 Å². The Morgan fingerprint density at radius 1 is 1.38 bits per heavy atom. The summed E-state index contributed by atoms with van der Waals surface area (Å²) >= 11 is 0. The summed E-state index contributed by atoms with van der Waals surface area (Å²) in [6.07, 6.45) is 5.48. The van der Waals surface area contributed by atoms with Crippen LogP contribution in [0.1, 0.15) is 35.4 Å². The van der Waals surface area contributed by atoms with Crippen LogP contribution in [-0.2, 0) is 17.8 Å². The Morgan fingerprint density at radius 3 is 2.97 bits per heavy atom. The van der Waals surface area contributed by atoms with E-state index in [1.807, 2.05) is 16.9 Å². The maximum Gasteiger partial charge on any atom is 0.193 e. The second-order valence-electron chi connectivity index (χ2n) is 7.83. The number of halogens is 1. The molecule has 0 amide bonds. The molecule has 1 aliphatic rings. The summed E-state index contributed by atoms with van der Waals surface area (Å²) in [4.78, 5) is 12.6. The number of benzene rings is 1. The highest BCUT2D eigenvalue weighted by Crippen LogP contribution is 2.25. The molecule has 0 radical (unpaired) electrons. The average Bonchev–Trinajstić information content (AvgIpc) is 3.51. The number of ether oxygens (including phenoxy) is 1. The minimum absolute atomic E-state index is 0.000675. The third-order valence-electron chi connectivity index (χ3n) is 5.53. The van der Waals surface area contributed by atoms with Gasteiger partial charge in [0.05, 0.1) is 42.7 Å². The van der Waals surface area contributed by atoms with E-state index in [0.29, 0.717) is 23.2 Å². The van der Waals surface area contributed by atoms with Gasteiger partial charge < -0.3 is 16.3 Å². The lowest BCUT2D eigenvalue weighted by Crippen LogP contribution is -2.16. The van der Waals surface area contributed by atoms with Crippen LogP contribution in [-0.4, -0.2) is 44.4 Å². The van der Waals surface area contributed by atoms with Gasteiger partial charge in [0, 0.05) is 18.4 Å². The van der Waals surface area contributed by atoms with Crippen molar-refractivity contribution in [3.8, 4) is 17.5 Å². The van der Waals surface area contributed by atoms with E-state index in [2.05, 4.69) is 31.2 Å². The molecule has 2 aromatic heterocycles. The van der Waals surface area contributed by atoms with Crippen molar-refractivity contribution < 1.29 is 9.13 Å². The SMILES string of the molecule is Cc1c(C#N)cccc1-c1nc(N)c(F)c(C(C=NCc2ccn(CC3CCCO3)n2)=NN)n1. The maximum atomic E-state index is 14.8. The highest BCUT2D eigenvalue weighted by molar-refractivity contribution is 6.37. The fourth-order valence-electron chi connectivity index (χ4n) is 3.72. The number of hydrogen-bond acceptors (Lipinski definition) is 9.